The van der Waals surface area contributed by atoms with Gasteiger partial charge in [-0.05, 0) is 53.9 Å². The van der Waals surface area contributed by atoms with Crippen molar-refractivity contribution in [2.24, 2.45) is 5.92 Å². The van der Waals surface area contributed by atoms with Crippen molar-refractivity contribution in [1.82, 2.24) is 9.13 Å². The lowest BCUT2D eigenvalue weighted by Gasteiger charge is -2.24. The van der Waals surface area contributed by atoms with Gasteiger partial charge in [0, 0.05) is 43.3 Å². The first kappa shape index (κ1) is 23.5. The van der Waals surface area contributed by atoms with Crippen LogP contribution in [0.2, 0.25) is 0 Å². The van der Waals surface area contributed by atoms with E-state index in [1.54, 1.807) is 0 Å². The molecule has 2 heterocycles. The Bertz CT molecular complexity index is 1920. The molecule has 3 heteroatoms. The zero-order valence-corrected chi connectivity index (χ0v) is 23.7. The van der Waals surface area contributed by atoms with Gasteiger partial charge in [-0.1, -0.05) is 114 Å². The maximum atomic E-state index is 3.70. The van der Waals surface area contributed by atoms with Crippen LogP contribution in [-0.2, 0) is 0 Å². The van der Waals surface area contributed by atoms with Crippen LogP contribution in [0.15, 0.2) is 138 Å². The Hall–Kier alpha value is -4.34. The summed E-state index contributed by atoms with van der Waals surface area (Å²) in [6, 6.07) is 42.2. The Morgan fingerprint density at radius 2 is 0.950 bits per heavy atom. The van der Waals surface area contributed by atoms with Crippen molar-refractivity contribution >= 4 is 59.5 Å². The molecule has 192 valence electrons. The number of nitrogens with zero attached hydrogens (tertiary/aromatic N) is 2. The average Bonchev–Trinajstić information content (AvgIpc) is 3.50. The third-order valence-corrected chi connectivity index (χ3v) is 8.97. The number of halogens is 1. The minimum atomic E-state index is 0.279. The third kappa shape index (κ3) is 3.54. The van der Waals surface area contributed by atoms with Crippen LogP contribution in [0.25, 0.3) is 55.0 Å². The minimum Gasteiger partial charge on any atom is -0.309 e. The summed E-state index contributed by atoms with van der Waals surface area (Å²) in [6.45, 7) is 2.31. The van der Waals surface area contributed by atoms with Gasteiger partial charge in [-0.25, -0.2) is 0 Å². The molecule has 7 aromatic rings. The van der Waals surface area contributed by atoms with Crippen LogP contribution in [0.4, 0.5) is 0 Å². The molecule has 2 nitrogen and oxygen atoms in total. The van der Waals surface area contributed by atoms with Crippen LogP contribution < -0.4 is 0 Å². The molecule has 0 spiro atoms. The molecule has 0 saturated carbocycles. The van der Waals surface area contributed by atoms with E-state index in [-0.39, 0.29) is 5.92 Å². The summed E-state index contributed by atoms with van der Waals surface area (Å²) in [5.74, 6) is 0.653. The fourth-order valence-electron chi connectivity index (χ4n) is 6.67. The largest absolute Gasteiger partial charge is 0.309 e. The Kier molecular flexibility index (Phi) is 5.36. The fourth-order valence-corrected chi connectivity index (χ4v) is 7.24. The van der Waals surface area contributed by atoms with E-state index in [4.69, 9.17) is 0 Å². The first-order valence-corrected chi connectivity index (χ1v) is 14.6. The van der Waals surface area contributed by atoms with E-state index >= 15 is 0 Å². The molecule has 2 unspecified atom stereocenters. The van der Waals surface area contributed by atoms with Gasteiger partial charge >= 0.3 is 0 Å². The van der Waals surface area contributed by atoms with Gasteiger partial charge in [-0.15, -0.1) is 0 Å². The Morgan fingerprint density at radius 3 is 1.35 bits per heavy atom. The normalized spacial score (nSPS) is 17.3. The monoisotopic (exact) mass is 578 g/mol. The topological polar surface area (TPSA) is 9.86 Å². The van der Waals surface area contributed by atoms with Crippen molar-refractivity contribution in [1.29, 1.82) is 0 Å². The van der Waals surface area contributed by atoms with Crippen LogP contribution in [-0.4, -0.2) is 9.13 Å². The van der Waals surface area contributed by atoms with E-state index in [1.165, 1.54) is 60.5 Å². The molecule has 0 amide bonds. The van der Waals surface area contributed by atoms with Gasteiger partial charge in [0.2, 0.25) is 0 Å². The molecule has 0 radical (unpaired) electrons. The van der Waals surface area contributed by atoms with E-state index in [0.717, 1.165) is 4.48 Å². The second-order valence-electron chi connectivity index (χ2n) is 10.8. The number of hydrogen-bond acceptors (Lipinski definition) is 0. The molecule has 0 N–H and O–H groups in total. The van der Waals surface area contributed by atoms with Gasteiger partial charge in [0.15, 0.2) is 0 Å². The lowest BCUT2D eigenvalue weighted by molar-refractivity contribution is 0.634. The van der Waals surface area contributed by atoms with Crippen molar-refractivity contribution in [2.75, 3.05) is 0 Å². The van der Waals surface area contributed by atoms with Crippen LogP contribution in [0.5, 0.6) is 0 Å². The van der Waals surface area contributed by atoms with E-state index in [0.29, 0.717) is 5.92 Å². The molecular formula is C37H27BrN2. The Balaban J connectivity index is 1.48. The summed E-state index contributed by atoms with van der Waals surface area (Å²) in [5.41, 5.74) is 8.58. The molecule has 0 bridgehead atoms. The number of rotatable bonds is 3. The summed E-state index contributed by atoms with van der Waals surface area (Å²) >= 11 is 3.70. The molecule has 2 atom stereocenters. The number of fused-ring (bicyclic) bond motifs is 6. The molecule has 0 aliphatic heterocycles. The maximum absolute atomic E-state index is 3.70. The lowest BCUT2D eigenvalue weighted by Crippen LogP contribution is -2.10. The quantitative estimate of drug-likeness (QED) is 0.197. The fraction of sp³-hybridized carbons (Fsp3) is 0.0811. The second kappa shape index (κ2) is 9.11. The van der Waals surface area contributed by atoms with Gasteiger partial charge < -0.3 is 9.13 Å². The summed E-state index contributed by atoms with van der Waals surface area (Å²) in [7, 11) is 0. The maximum Gasteiger partial charge on any atom is 0.0541 e. The van der Waals surface area contributed by atoms with Gasteiger partial charge in [-0.2, -0.15) is 0 Å². The molecule has 8 rings (SSSR count). The minimum absolute atomic E-state index is 0.279. The van der Waals surface area contributed by atoms with E-state index < -0.39 is 0 Å². The highest BCUT2D eigenvalue weighted by atomic mass is 79.9. The van der Waals surface area contributed by atoms with Crippen molar-refractivity contribution in [3.63, 3.8) is 0 Å². The highest BCUT2D eigenvalue weighted by Gasteiger charge is 2.22. The van der Waals surface area contributed by atoms with Crippen LogP contribution in [0.1, 0.15) is 18.4 Å². The molecule has 1 aliphatic carbocycles. The van der Waals surface area contributed by atoms with Gasteiger partial charge in [0.05, 0.1) is 22.1 Å². The molecule has 40 heavy (non-hydrogen) atoms. The molecule has 5 aromatic carbocycles. The van der Waals surface area contributed by atoms with Gasteiger partial charge in [-0.3, -0.25) is 0 Å². The Labute approximate surface area is 241 Å². The number of para-hydroxylation sites is 4. The third-order valence-electron chi connectivity index (χ3n) is 8.44. The highest BCUT2D eigenvalue weighted by molar-refractivity contribution is 9.11. The van der Waals surface area contributed by atoms with E-state index in [1.807, 2.05) is 0 Å². The van der Waals surface area contributed by atoms with E-state index in [9.17, 15) is 0 Å². The molecule has 0 saturated heterocycles. The average molecular weight is 580 g/mol. The van der Waals surface area contributed by atoms with Gasteiger partial charge in [0.25, 0.3) is 0 Å². The first-order valence-electron chi connectivity index (χ1n) is 13.8. The highest BCUT2D eigenvalue weighted by Crippen LogP contribution is 2.39. The molecule has 0 fully saturated rings. The lowest BCUT2D eigenvalue weighted by atomic mass is 9.84. The van der Waals surface area contributed by atoms with Crippen molar-refractivity contribution in [3.05, 3.63) is 144 Å². The van der Waals surface area contributed by atoms with Gasteiger partial charge in [0.1, 0.15) is 0 Å². The van der Waals surface area contributed by atoms with Crippen LogP contribution in [0, 0.1) is 5.92 Å². The number of benzene rings is 5. The van der Waals surface area contributed by atoms with E-state index in [2.05, 4.69) is 165 Å². The number of allylic oxidation sites excluding steroid dienone is 4. The number of hydrogen-bond donors (Lipinski definition) is 0. The zero-order chi connectivity index (χ0) is 26.8. The summed E-state index contributed by atoms with van der Waals surface area (Å²) in [4.78, 5) is 0. The molecule has 1 aliphatic rings. The van der Waals surface area contributed by atoms with Crippen molar-refractivity contribution < 1.29 is 0 Å². The Morgan fingerprint density at radius 1 is 0.550 bits per heavy atom. The predicted molar refractivity (Wildman–Crippen MR) is 173 cm³/mol. The smallest absolute Gasteiger partial charge is 0.0541 e. The van der Waals surface area contributed by atoms with Crippen molar-refractivity contribution in [3.8, 4) is 11.4 Å². The van der Waals surface area contributed by atoms with Crippen molar-refractivity contribution in [2.45, 2.75) is 12.8 Å². The predicted octanol–water partition coefficient (Wildman–Crippen LogP) is 10.4. The summed E-state index contributed by atoms with van der Waals surface area (Å²) in [5, 5.41) is 5.11. The molecule has 2 aromatic heterocycles. The molecular weight excluding hydrogens is 552 g/mol. The summed E-state index contributed by atoms with van der Waals surface area (Å²) in [6.07, 6.45) is 6.85. The zero-order valence-electron chi connectivity index (χ0n) is 22.1. The first-order chi connectivity index (χ1) is 19.7. The summed E-state index contributed by atoms with van der Waals surface area (Å²) < 4.78 is 6.03. The standard InChI is InChI=1S/C37H27BrN2/c1-24-20-26(38)18-19-29(24)25-21-27(39-34-14-6-2-10-30(34)31-11-3-7-15-35(31)39)23-28(22-25)40-36-16-8-4-12-32(36)33-13-5-9-17-37(33)40/h2-24,29H,1H3. The number of aromatic nitrogens is 2. The van der Waals surface area contributed by atoms with Crippen LogP contribution >= 0.6 is 15.9 Å². The van der Waals surface area contributed by atoms with Crippen LogP contribution in [0.3, 0.4) is 0 Å². The second-order valence-corrected chi connectivity index (χ2v) is 11.7. The SMILES string of the molecule is CC1C=C(Br)C=CC1c1cc(-n2c3ccccc3c3ccccc32)cc(-n2c3ccccc3c3ccccc32)c1.